The van der Waals surface area contributed by atoms with E-state index in [1.807, 2.05) is 17.9 Å². The van der Waals surface area contributed by atoms with Crippen molar-refractivity contribution in [3.05, 3.63) is 35.6 Å². The lowest BCUT2D eigenvalue weighted by atomic mass is 9.99. The van der Waals surface area contributed by atoms with Gasteiger partial charge in [0, 0.05) is 25.2 Å². The van der Waals surface area contributed by atoms with Gasteiger partial charge < -0.3 is 15.9 Å². The fourth-order valence-corrected chi connectivity index (χ4v) is 2.56. The molecule has 1 aliphatic heterocycles. The van der Waals surface area contributed by atoms with Gasteiger partial charge in [-0.25, -0.2) is 4.39 Å². The highest BCUT2D eigenvalue weighted by molar-refractivity contribution is 5.22. The number of hydrogen-bond donors (Lipinski definition) is 3. The van der Waals surface area contributed by atoms with Crippen molar-refractivity contribution in [1.29, 1.82) is 0 Å². The van der Waals surface area contributed by atoms with E-state index in [1.54, 1.807) is 6.07 Å². The highest BCUT2D eigenvalue weighted by Crippen LogP contribution is 2.28. The third kappa shape index (κ3) is 2.70. The number of nitrogens with zero attached hydrogens (tertiary/aromatic N) is 1. The summed E-state index contributed by atoms with van der Waals surface area (Å²) >= 11 is 0. The molecule has 0 radical (unpaired) electrons. The minimum absolute atomic E-state index is 0.201. The maximum absolute atomic E-state index is 13.3. The van der Waals surface area contributed by atoms with E-state index in [9.17, 15) is 14.6 Å². The molecule has 4 atom stereocenters. The molecule has 0 saturated carbocycles. The topological polar surface area (TPSA) is 69.7 Å². The van der Waals surface area contributed by atoms with Crippen molar-refractivity contribution in [3.8, 4) is 0 Å². The van der Waals surface area contributed by atoms with E-state index >= 15 is 0 Å². The van der Waals surface area contributed by atoms with Crippen LogP contribution in [-0.2, 0) is 0 Å². The largest absolute Gasteiger partial charge is 0.389 e. The lowest BCUT2D eigenvalue weighted by Crippen LogP contribution is -2.39. The molecule has 1 aromatic carbocycles. The number of benzene rings is 1. The van der Waals surface area contributed by atoms with Crippen LogP contribution in [0.3, 0.4) is 0 Å². The summed E-state index contributed by atoms with van der Waals surface area (Å²) in [7, 11) is 0. The normalized spacial score (nSPS) is 28.3. The summed E-state index contributed by atoms with van der Waals surface area (Å²) in [6.45, 7) is 2.54. The van der Waals surface area contributed by atoms with Gasteiger partial charge >= 0.3 is 0 Å². The van der Waals surface area contributed by atoms with E-state index in [4.69, 9.17) is 5.73 Å². The highest BCUT2D eigenvalue weighted by Gasteiger charge is 2.35. The molecule has 0 bridgehead atoms. The maximum atomic E-state index is 13.3. The maximum Gasteiger partial charge on any atom is 0.123 e. The van der Waals surface area contributed by atoms with Gasteiger partial charge in [0.05, 0.1) is 12.2 Å². The Kier molecular flexibility index (Phi) is 3.97. The molecule has 4 N–H and O–H groups in total. The van der Waals surface area contributed by atoms with Crippen LogP contribution in [0.2, 0.25) is 0 Å². The van der Waals surface area contributed by atoms with Gasteiger partial charge in [-0.05, 0) is 24.6 Å². The molecule has 18 heavy (non-hydrogen) atoms. The fraction of sp³-hybridized carbons (Fsp3) is 0.538. The van der Waals surface area contributed by atoms with E-state index in [-0.39, 0.29) is 17.9 Å². The standard InChI is InChI=1S/C13H19FN2O2/c1-8(15)13(9-3-2-4-10(14)5-9)16-6-11(17)12(18)7-16/h2-5,8,11-13,17-18H,6-7,15H2,1H3. The molecular formula is C13H19FN2O2. The van der Waals surface area contributed by atoms with Gasteiger partial charge in [0.1, 0.15) is 5.82 Å². The summed E-state index contributed by atoms with van der Waals surface area (Å²) in [6, 6.07) is 5.87. The molecule has 4 nitrogen and oxygen atoms in total. The summed E-state index contributed by atoms with van der Waals surface area (Å²) in [5, 5.41) is 19.2. The molecule has 1 saturated heterocycles. The van der Waals surface area contributed by atoms with Crippen LogP contribution in [-0.4, -0.2) is 46.5 Å². The van der Waals surface area contributed by atoms with Crippen LogP contribution in [0.25, 0.3) is 0 Å². The van der Waals surface area contributed by atoms with Crippen molar-refractivity contribution in [2.75, 3.05) is 13.1 Å². The molecular weight excluding hydrogens is 235 g/mol. The van der Waals surface area contributed by atoms with Crippen LogP contribution < -0.4 is 5.73 Å². The molecule has 1 heterocycles. The fourth-order valence-electron chi connectivity index (χ4n) is 2.56. The molecule has 5 heteroatoms. The SMILES string of the molecule is CC(N)C(c1cccc(F)c1)N1CC(O)C(O)C1. The van der Waals surface area contributed by atoms with Gasteiger partial charge in [0.15, 0.2) is 0 Å². The second-order valence-electron chi connectivity index (χ2n) is 4.95. The first-order chi connectivity index (χ1) is 8.49. The Morgan fingerprint density at radius 3 is 2.44 bits per heavy atom. The molecule has 2 rings (SSSR count). The Balaban J connectivity index is 2.24. The van der Waals surface area contributed by atoms with Crippen molar-refractivity contribution in [2.24, 2.45) is 5.73 Å². The molecule has 1 aromatic rings. The quantitative estimate of drug-likeness (QED) is 0.723. The van der Waals surface area contributed by atoms with Crippen molar-refractivity contribution >= 4 is 0 Å². The molecule has 0 aromatic heterocycles. The number of halogens is 1. The molecule has 0 spiro atoms. The molecule has 100 valence electrons. The Morgan fingerprint density at radius 2 is 1.94 bits per heavy atom. The van der Waals surface area contributed by atoms with Crippen LogP contribution in [0.5, 0.6) is 0 Å². The average molecular weight is 254 g/mol. The molecule has 0 aliphatic carbocycles. The zero-order valence-corrected chi connectivity index (χ0v) is 10.3. The monoisotopic (exact) mass is 254 g/mol. The molecule has 0 amide bonds. The van der Waals surface area contributed by atoms with E-state index in [0.29, 0.717) is 13.1 Å². The first kappa shape index (κ1) is 13.4. The molecule has 1 aliphatic rings. The first-order valence-electron chi connectivity index (χ1n) is 6.10. The van der Waals surface area contributed by atoms with E-state index in [0.717, 1.165) is 5.56 Å². The number of hydrogen-bond acceptors (Lipinski definition) is 4. The number of nitrogens with two attached hydrogens (primary N) is 1. The highest BCUT2D eigenvalue weighted by atomic mass is 19.1. The average Bonchev–Trinajstić information content (AvgIpc) is 2.58. The predicted octanol–water partition coefficient (Wildman–Crippen LogP) is 0.251. The van der Waals surface area contributed by atoms with Gasteiger partial charge in [-0.15, -0.1) is 0 Å². The minimum atomic E-state index is -0.764. The van der Waals surface area contributed by atoms with Crippen LogP contribution in [0.4, 0.5) is 4.39 Å². The zero-order valence-electron chi connectivity index (χ0n) is 10.3. The van der Waals surface area contributed by atoms with Crippen LogP contribution in [0.1, 0.15) is 18.5 Å². The van der Waals surface area contributed by atoms with Gasteiger partial charge in [0.2, 0.25) is 0 Å². The Hall–Kier alpha value is -1.01. The number of β-amino-alcohol motifs (C(OH)–C–C–N with tert-alkyl or cyclic N) is 2. The van der Waals surface area contributed by atoms with E-state index in [1.165, 1.54) is 12.1 Å². The first-order valence-corrected chi connectivity index (χ1v) is 6.10. The summed E-state index contributed by atoms with van der Waals surface area (Å²) in [4.78, 5) is 1.90. The Morgan fingerprint density at radius 1 is 1.33 bits per heavy atom. The van der Waals surface area contributed by atoms with E-state index in [2.05, 4.69) is 0 Å². The van der Waals surface area contributed by atoms with Crippen LogP contribution >= 0.6 is 0 Å². The third-order valence-corrected chi connectivity index (χ3v) is 3.37. The van der Waals surface area contributed by atoms with Crippen molar-refractivity contribution in [1.82, 2.24) is 4.90 Å². The lowest BCUT2D eigenvalue weighted by molar-refractivity contribution is 0.0572. The van der Waals surface area contributed by atoms with Crippen molar-refractivity contribution in [2.45, 2.75) is 31.2 Å². The van der Waals surface area contributed by atoms with E-state index < -0.39 is 12.2 Å². The Bertz CT molecular complexity index is 404. The lowest BCUT2D eigenvalue weighted by Gasteiger charge is -2.31. The second-order valence-corrected chi connectivity index (χ2v) is 4.95. The summed E-state index contributed by atoms with van der Waals surface area (Å²) in [5.41, 5.74) is 6.73. The van der Waals surface area contributed by atoms with Crippen LogP contribution in [0, 0.1) is 5.82 Å². The van der Waals surface area contributed by atoms with Crippen molar-refractivity contribution < 1.29 is 14.6 Å². The second kappa shape index (κ2) is 5.32. The summed E-state index contributed by atoms with van der Waals surface area (Å²) in [6.07, 6.45) is -1.53. The number of aliphatic hydroxyl groups is 2. The smallest absolute Gasteiger partial charge is 0.123 e. The summed E-state index contributed by atoms with van der Waals surface area (Å²) in [5.74, 6) is -0.307. The van der Waals surface area contributed by atoms with Crippen molar-refractivity contribution in [3.63, 3.8) is 0 Å². The predicted molar refractivity (Wildman–Crippen MR) is 66.4 cm³/mol. The van der Waals surface area contributed by atoms with Gasteiger partial charge in [-0.3, -0.25) is 4.90 Å². The van der Waals surface area contributed by atoms with Gasteiger partial charge in [-0.1, -0.05) is 12.1 Å². The Labute approximate surface area is 106 Å². The van der Waals surface area contributed by atoms with Gasteiger partial charge in [0.25, 0.3) is 0 Å². The number of likely N-dealkylation sites (tertiary alicyclic amines) is 1. The third-order valence-electron chi connectivity index (χ3n) is 3.37. The van der Waals surface area contributed by atoms with Crippen LogP contribution in [0.15, 0.2) is 24.3 Å². The van der Waals surface area contributed by atoms with Gasteiger partial charge in [-0.2, -0.15) is 0 Å². The zero-order chi connectivity index (χ0) is 13.3. The summed E-state index contributed by atoms with van der Waals surface area (Å²) < 4.78 is 13.3. The number of aliphatic hydroxyl groups excluding tert-OH is 2. The molecule has 4 unspecified atom stereocenters. The number of rotatable bonds is 3. The molecule has 1 fully saturated rings. The minimum Gasteiger partial charge on any atom is -0.389 e.